The van der Waals surface area contributed by atoms with E-state index in [4.69, 9.17) is 0 Å². The first-order chi connectivity index (χ1) is 10.7. The van der Waals surface area contributed by atoms with Gasteiger partial charge >= 0.3 is 0 Å². The molecule has 6 nitrogen and oxygen atoms in total. The summed E-state index contributed by atoms with van der Waals surface area (Å²) in [5, 5.41) is 4.51. The molecule has 116 valence electrons. The first-order valence-electron chi connectivity index (χ1n) is 7.64. The lowest BCUT2D eigenvalue weighted by Crippen LogP contribution is -2.32. The highest BCUT2D eigenvalue weighted by Crippen LogP contribution is 2.33. The second-order valence-electron chi connectivity index (χ2n) is 5.98. The minimum atomic E-state index is -3.58. The van der Waals surface area contributed by atoms with Crippen LogP contribution in [0, 0.1) is 5.92 Å². The summed E-state index contributed by atoms with van der Waals surface area (Å²) in [4.78, 5) is 4.07. The highest BCUT2D eigenvalue weighted by molar-refractivity contribution is 7.92. The van der Waals surface area contributed by atoms with E-state index in [0.717, 1.165) is 24.8 Å². The van der Waals surface area contributed by atoms with Crippen LogP contribution in [-0.4, -0.2) is 29.7 Å². The second-order valence-corrected chi connectivity index (χ2v) is 7.79. The fraction of sp³-hybridized carbons (Fsp3) is 0.467. The lowest BCUT2D eigenvalue weighted by molar-refractivity contribution is 0.258. The van der Waals surface area contributed by atoms with Gasteiger partial charge in [-0.1, -0.05) is 6.42 Å². The fourth-order valence-corrected chi connectivity index (χ4v) is 4.75. The third kappa shape index (κ3) is 2.11. The zero-order chi connectivity index (χ0) is 15.2. The Morgan fingerprint density at radius 1 is 1.23 bits per heavy atom. The Bertz CT molecular complexity index is 795. The van der Waals surface area contributed by atoms with E-state index in [9.17, 15) is 8.42 Å². The molecule has 0 N–H and O–H groups in total. The Morgan fingerprint density at radius 2 is 2.09 bits per heavy atom. The maximum atomic E-state index is 13.0. The van der Waals surface area contributed by atoms with Crippen molar-refractivity contribution in [3.8, 4) is 0 Å². The van der Waals surface area contributed by atoms with Crippen LogP contribution in [0.5, 0.6) is 0 Å². The summed E-state index contributed by atoms with van der Waals surface area (Å²) >= 11 is 0. The van der Waals surface area contributed by atoms with Crippen molar-refractivity contribution in [1.29, 1.82) is 0 Å². The van der Waals surface area contributed by atoms with Crippen molar-refractivity contribution >= 4 is 15.7 Å². The van der Waals surface area contributed by atoms with Gasteiger partial charge in [0.2, 0.25) is 0 Å². The molecule has 0 amide bonds. The van der Waals surface area contributed by atoms with Crippen molar-refractivity contribution in [2.75, 3.05) is 10.8 Å². The van der Waals surface area contributed by atoms with Crippen molar-refractivity contribution in [3.05, 3.63) is 36.3 Å². The summed E-state index contributed by atoms with van der Waals surface area (Å²) in [6, 6.07) is 3.48. The van der Waals surface area contributed by atoms with E-state index in [-0.39, 0.29) is 5.03 Å². The maximum absolute atomic E-state index is 13.0. The molecule has 1 aliphatic carbocycles. The molecule has 0 saturated heterocycles. The summed E-state index contributed by atoms with van der Waals surface area (Å²) in [6.45, 7) is 1.16. The minimum Gasteiger partial charge on any atom is -0.263 e. The molecule has 0 spiro atoms. The van der Waals surface area contributed by atoms with E-state index in [1.807, 2.05) is 6.07 Å². The summed E-state index contributed by atoms with van der Waals surface area (Å²) in [6.07, 6.45) is 9.20. The Balaban J connectivity index is 1.69. The molecule has 1 saturated carbocycles. The minimum absolute atomic E-state index is 0.288. The zero-order valence-electron chi connectivity index (χ0n) is 12.2. The molecule has 0 bridgehead atoms. The fourth-order valence-electron chi connectivity index (χ4n) is 3.15. The van der Waals surface area contributed by atoms with Gasteiger partial charge in [0.1, 0.15) is 0 Å². The van der Waals surface area contributed by atoms with Crippen LogP contribution >= 0.6 is 0 Å². The molecule has 1 aliphatic heterocycles. The smallest absolute Gasteiger partial charge is 0.263 e. The molecule has 22 heavy (non-hydrogen) atoms. The number of aromatic nitrogens is 3. The quantitative estimate of drug-likeness (QED) is 0.862. The Labute approximate surface area is 129 Å². The van der Waals surface area contributed by atoms with E-state index >= 15 is 0 Å². The summed E-state index contributed by atoms with van der Waals surface area (Å²) in [5.41, 5.74) is 1.72. The third-order valence-electron chi connectivity index (χ3n) is 4.63. The number of nitrogens with zero attached hydrogens (tertiary/aromatic N) is 4. The van der Waals surface area contributed by atoms with Crippen LogP contribution in [0.1, 0.15) is 24.8 Å². The Kier molecular flexibility index (Phi) is 3.18. The highest BCUT2D eigenvalue weighted by atomic mass is 32.2. The van der Waals surface area contributed by atoms with E-state index < -0.39 is 10.0 Å². The lowest BCUT2D eigenvalue weighted by atomic mass is 9.85. The summed E-state index contributed by atoms with van der Waals surface area (Å²) < 4.78 is 29.1. The van der Waals surface area contributed by atoms with Gasteiger partial charge < -0.3 is 0 Å². The first kappa shape index (κ1) is 13.8. The van der Waals surface area contributed by atoms with Gasteiger partial charge in [0.25, 0.3) is 10.0 Å². The molecule has 2 aliphatic rings. The van der Waals surface area contributed by atoms with E-state index in [1.165, 1.54) is 10.7 Å². The highest BCUT2D eigenvalue weighted by Gasteiger charge is 2.34. The number of fused-ring (bicyclic) bond motifs is 1. The van der Waals surface area contributed by atoms with E-state index in [0.29, 0.717) is 24.7 Å². The van der Waals surface area contributed by atoms with Gasteiger partial charge in [-0.2, -0.15) is 13.5 Å². The molecule has 7 heteroatoms. The summed E-state index contributed by atoms with van der Waals surface area (Å²) in [5.74, 6) is 0.557. The SMILES string of the molecule is O=S(=O)(c1ccnn1CC1CCC1)N1CCc2ccncc21. The number of sulfonamides is 1. The second kappa shape index (κ2) is 5.08. The first-order valence-corrected chi connectivity index (χ1v) is 9.08. The van der Waals surface area contributed by atoms with Gasteiger partial charge in [0, 0.05) is 19.3 Å². The van der Waals surface area contributed by atoms with Gasteiger partial charge in [-0.25, -0.2) is 0 Å². The van der Waals surface area contributed by atoms with Gasteiger partial charge in [-0.15, -0.1) is 0 Å². The largest absolute Gasteiger partial charge is 0.281 e. The van der Waals surface area contributed by atoms with Crippen molar-refractivity contribution < 1.29 is 8.42 Å². The van der Waals surface area contributed by atoms with Crippen LogP contribution in [0.2, 0.25) is 0 Å². The van der Waals surface area contributed by atoms with Gasteiger partial charge in [-0.05, 0) is 42.9 Å². The Morgan fingerprint density at radius 3 is 2.86 bits per heavy atom. The average molecular weight is 318 g/mol. The van der Waals surface area contributed by atoms with Gasteiger partial charge in [-0.3, -0.25) is 14.0 Å². The predicted molar refractivity (Wildman–Crippen MR) is 82.0 cm³/mol. The molecule has 0 radical (unpaired) electrons. The monoisotopic (exact) mass is 318 g/mol. The van der Waals surface area contributed by atoms with E-state index in [1.54, 1.807) is 29.3 Å². The number of rotatable bonds is 4. The molecular weight excluding hydrogens is 300 g/mol. The van der Waals surface area contributed by atoms with Crippen molar-refractivity contribution in [2.45, 2.75) is 37.3 Å². The molecule has 4 rings (SSSR count). The Hall–Kier alpha value is -1.89. The number of hydrogen-bond acceptors (Lipinski definition) is 4. The summed E-state index contributed by atoms with van der Waals surface area (Å²) in [7, 11) is -3.58. The van der Waals surface area contributed by atoms with Crippen LogP contribution in [0.3, 0.4) is 0 Å². The van der Waals surface area contributed by atoms with E-state index in [2.05, 4.69) is 10.1 Å². The molecule has 2 aromatic rings. The van der Waals surface area contributed by atoms with Crippen LogP contribution < -0.4 is 4.31 Å². The third-order valence-corrected chi connectivity index (χ3v) is 6.46. The van der Waals surface area contributed by atoms with Crippen molar-refractivity contribution in [1.82, 2.24) is 14.8 Å². The molecule has 0 unspecified atom stereocenters. The van der Waals surface area contributed by atoms with Crippen molar-refractivity contribution in [3.63, 3.8) is 0 Å². The molecule has 0 aromatic carbocycles. The van der Waals surface area contributed by atoms with Crippen LogP contribution in [-0.2, 0) is 23.0 Å². The zero-order valence-corrected chi connectivity index (χ0v) is 13.0. The maximum Gasteiger partial charge on any atom is 0.281 e. The predicted octanol–water partition coefficient (Wildman–Crippen LogP) is 1.83. The van der Waals surface area contributed by atoms with Gasteiger partial charge in [0.15, 0.2) is 5.03 Å². The van der Waals surface area contributed by atoms with Crippen LogP contribution in [0.4, 0.5) is 5.69 Å². The molecule has 2 aromatic heterocycles. The molecule has 0 atom stereocenters. The normalized spacial score (nSPS) is 18.3. The number of pyridine rings is 1. The molecule has 3 heterocycles. The van der Waals surface area contributed by atoms with Crippen molar-refractivity contribution in [2.24, 2.45) is 5.92 Å². The number of anilines is 1. The molecular formula is C15H18N4O2S. The van der Waals surface area contributed by atoms with Gasteiger partial charge in [0.05, 0.1) is 18.1 Å². The molecule has 1 fully saturated rings. The lowest BCUT2D eigenvalue weighted by Gasteiger charge is -2.26. The average Bonchev–Trinajstić information content (AvgIpc) is 3.10. The van der Waals surface area contributed by atoms with Crippen LogP contribution in [0.15, 0.2) is 35.7 Å². The van der Waals surface area contributed by atoms with Crippen LogP contribution in [0.25, 0.3) is 0 Å². The standard InChI is InChI=1S/C15H18N4O2S/c20-22(21,19-9-6-13-4-7-16-10-14(13)19)15-5-8-17-18(15)11-12-2-1-3-12/h4-5,7-8,10,12H,1-3,6,9,11H2. The number of hydrogen-bond donors (Lipinski definition) is 0. The topological polar surface area (TPSA) is 68.1 Å².